The summed E-state index contributed by atoms with van der Waals surface area (Å²) in [5.74, 6) is -0.303. The summed E-state index contributed by atoms with van der Waals surface area (Å²) in [4.78, 5) is 14.8. The lowest BCUT2D eigenvalue weighted by Crippen LogP contribution is -1.96. The van der Waals surface area contributed by atoms with E-state index in [1.807, 2.05) is 6.07 Å². The Morgan fingerprint density at radius 2 is 2.47 bits per heavy atom. The number of carbonyl (C=O) groups excluding carboxylic acids is 1. The molecule has 0 N–H and O–H groups in total. The molecule has 0 unspecified atom stereocenters. The van der Waals surface area contributed by atoms with Crippen molar-refractivity contribution in [3.05, 3.63) is 35.7 Å². The molecule has 0 aromatic carbocycles. The molecule has 0 radical (unpaired) electrons. The van der Waals surface area contributed by atoms with Crippen molar-refractivity contribution in [1.29, 1.82) is 5.26 Å². The molecule has 4 heteroatoms. The van der Waals surface area contributed by atoms with E-state index in [2.05, 4.69) is 9.72 Å². The molecule has 1 rings (SSSR count). The molecule has 0 bridgehead atoms. The smallest absolute Gasteiger partial charge is 0.309 e. The van der Waals surface area contributed by atoms with Crippen molar-refractivity contribution < 1.29 is 9.53 Å². The first kappa shape index (κ1) is 10.9. The lowest BCUT2D eigenvalue weighted by Gasteiger charge is -1.94. The molecule has 76 valence electrons. The van der Waals surface area contributed by atoms with Gasteiger partial charge in [-0.05, 0) is 18.2 Å². The van der Waals surface area contributed by atoms with E-state index in [0.717, 1.165) is 0 Å². The highest BCUT2D eigenvalue weighted by molar-refractivity contribution is 5.72. The molecule has 0 atom stereocenters. The molecule has 0 aliphatic carbocycles. The van der Waals surface area contributed by atoms with Gasteiger partial charge in [-0.2, -0.15) is 5.26 Å². The first-order valence-corrected chi connectivity index (χ1v) is 4.37. The number of nitrogens with zero attached hydrogens (tertiary/aromatic N) is 2. The van der Waals surface area contributed by atoms with Gasteiger partial charge in [0.05, 0.1) is 19.2 Å². The van der Waals surface area contributed by atoms with E-state index in [1.165, 1.54) is 7.11 Å². The second kappa shape index (κ2) is 5.55. The van der Waals surface area contributed by atoms with E-state index in [1.54, 1.807) is 30.4 Å². The van der Waals surface area contributed by atoms with Gasteiger partial charge in [0.2, 0.25) is 0 Å². The van der Waals surface area contributed by atoms with Gasteiger partial charge in [0.15, 0.2) is 0 Å². The maximum Gasteiger partial charge on any atom is 0.309 e. The Labute approximate surface area is 87.8 Å². The topological polar surface area (TPSA) is 63.0 Å². The maximum atomic E-state index is 10.8. The summed E-state index contributed by atoms with van der Waals surface area (Å²) >= 11 is 0. The standard InChI is InChI=1S/C11H10N2O2/c1-15-11(14)7-3-5-9-4-2-6-10(8-12)13-9/h2-6H,7H2,1H3. The number of ether oxygens (including phenoxy) is 1. The molecule has 0 saturated carbocycles. The molecule has 0 amide bonds. The highest BCUT2D eigenvalue weighted by Gasteiger charge is 1.95. The zero-order chi connectivity index (χ0) is 11.1. The van der Waals surface area contributed by atoms with Crippen LogP contribution in [0.5, 0.6) is 0 Å². The molecule has 0 spiro atoms. The SMILES string of the molecule is COC(=O)CC=Cc1cccc(C#N)n1. The Morgan fingerprint density at radius 1 is 1.67 bits per heavy atom. The molecule has 0 aliphatic heterocycles. The summed E-state index contributed by atoms with van der Waals surface area (Å²) in [5, 5.41) is 8.60. The Morgan fingerprint density at radius 3 is 3.13 bits per heavy atom. The lowest BCUT2D eigenvalue weighted by atomic mass is 10.2. The largest absolute Gasteiger partial charge is 0.469 e. The average molecular weight is 202 g/mol. The fourth-order valence-corrected chi connectivity index (χ4v) is 0.966. The molecular formula is C11H10N2O2. The van der Waals surface area contributed by atoms with E-state index in [-0.39, 0.29) is 12.4 Å². The molecule has 4 nitrogen and oxygen atoms in total. The molecule has 15 heavy (non-hydrogen) atoms. The Balaban J connectivity index is 2.65. The van der Waals surface area contributed by atoms with Crippen LogP contribution in [-0.4, -0.2) is 18.1 Å². The molecule has 0 aliphatic rings. The van der Waals surface area contributed by atoms with Crippen molar-refractivity contribution in [2.24, 2.45) is 0 Å². The van der Waals surface area contributed by atoms with Gasteiger partial charge in [0.1, 0.15) is 11.8 Å². The summed E-state index contributed by atoms with van der Waals surface area (Å²) in [5.41, 5.74) is 1.01. The van der Waals surface area contributed by atoms with Crippen LogP contribution in [0, 0.1) is 11.3 Å². The third-order valence-corrected chi connectivity index (χ3v) is 1.69. The Bertz CT molecular complexity index is 419. The summed E-state index contributed by atoms with van der Waals surface area (Å²) in [6.45, 7) is 0. The number of esters is 1. The minimum Gasteiger partial charge on any atom is -0.469 e. The number of carbonyl (C=O) groups is 1. The summed E-state index contributed by atoms with van der Waals surface area (Å²) in [6.07, 6.45) is 3.53. The van der Waals surface area contributed by atoms with Gasteiger partial charge in [0.25, 0.3) is 0 Å². The van der Waals surface area contributed by atoms with Crippen LogP contribution < -0.4 is 0 Å². The van der Waals surface area contributed by atoms with Gasteiger partial charge in [-0.1, -0.05) is 12.1 Å². The molecular weight excluding hydrogens is 192 g/mol. The highest BCUT2D eigenvalue weighted by Crippen LogP contribution is 2.01. The zero-order valence-corrected chi connectivity index (χ0v) is 8.30. The van der Waals surface area contributed by atoms with Crippen LogP contribution in [0.3, 0.4) is 0 Å². The van der Waals surface area contributed by atoms with Gasteiger partial charge in [-0.25, -0.2) is 4.98 Å². The average Bonchev–Trinajstić information content (AvgIpc) is 2.29. The van der Waals surface area contributed by atoms with Crippen LogP contribution in [0.2, 0.25) is 0 Å². The number of aromatic nitrogens is 1. The van der Waals surface area contributed by atoms with Crippen molar-refractivity contribution in [3.63, 3.8) is 0 Å². The minimum atomic E-state index is -0.303. The minimum absolute atomic E-state index is 0.203. The van der Waals surface area contributed by atoms with Crippen LogP contribution in [0.4, 0.5) is 0 Å². The van der Waals surface area contributed by atoms with Crippen LogP contribution >= 0.6 is 0 Å². The third kappa shape index (κ3) is 3.61. The van der Waals surface area contributed by atoms with Gasteiger partial charge in [-0.15, -0.1) is 0 Å². The normalized spacial score (nSPS) is 9.87. The molecule has 1 aromatic rings. The van der Waals surface area contributed by atoms with Crippen LogP contribution in [-0.2, 0) is 9.53 Å². The fourth-order valence-electron chi connectivity index (χ4n) is 0.966. The Hall–Kier alpha value is -2.15. The van der Waals surface area contributed by atoms with E-state index in [9.17, 15) is 4.79 Å². The number of pyridine rings is 1. The summed E-state index contributed by atoms with van der Waals surface area (Å²) in [7, 11) is 1.34. The number of methoxy groups -OCH3 is 1. The second-order valence-electron chi connectivity index (χ2n) is 2.74. The molecule has 0 fully saturated rings. The van der Waals surface area contributed by atoms with Crippen molar-refractivity contribution in [2.45, 2.75) is 6.42 Å². The predicted molar refractivity (Wildman–Crippen MR) is 54.6 cm³/mol. The maximum absolute atomic E-state index is 10.8. The predicted octanol–water partition coefficient (Wildman–Crippen LogP) is 1.53. The molecule has 1 heterocycles. The van der Waals surface area contributed by atoms with Gasteiger partial charge in [-0.3, -0.25) is 4.79 Å². The summed E-state index contributed by atoms with van der Waals surface area (Å²) in [6, 6.07) is 7.06. The van der Waals surface area contributed by atoms with Crippen LogP contribution in [0.1, 0.15) is 17.8 Å². The van der Waals surface area contributed by atoms with E-state index in [0.29, 0.717) is 11.4 Å². The lowest BCUT2D eigenvalue weighted by molar-refractivity contribution is -0.139. The quantitative estimate of drug-likeness (QED) is 0.697. The zero-order valence-electron chi connectivity index (χ0n) is 8.30. The van der Waals surface area contributed by atoms with Crippen molar-refractivity contribution in [2.75, 3.05) is 7.11 Å². The second-order valence-corrected chi connectivity index (χ2v) is 2.74. The Kier molecular flexibility index (Phi) is 4.05. The number of hydrogen-bond acceptors (Lipinski definition) is 4. The van der Waals surface area contributed by atoms with Crippen molar-refractivity contribution >= 4 is 12.0 Å². The summed E-state index contributed by atoms with van der Waals surface area (Å²) < 4.78 is 4.47. The van der Waals surface area contributed by atoms with E-state index < -0.39 is 0 Å². The fraction of sp³-hybridized carbons (Fsp3) is 0.182. The number of rotatable bonds is 3. The number of hydrogen-bond donors (Lipinski definition) is 0. The molecule has 1 aromatic heterocycles. The van der Waals surface area contributed by atoms with Gasteiger partial charge < -0.3 is 4.74 Å². The monoisotopic (exact) mass is 202 g/mol. The highest BCUT2D eigenvalue weighted by atomic mass is 16.5. The van der Waals surface area contributed by atoms with Crippen molar-refractivity contribution in [1.82, 2.24) is 4.98 Å². The molecule has 0 saturated heterocycles. The van der Waals surface area contributed by atoms with E-state index >= 15 is 0 Å². The van der Waals surface area contributed by atoms with Gasteiger partial charge in [0, 0.05) is 0 Å². The van der Waals surface area contributed by atoms with Crippen LogP contribution in [0.15, 0.2) is 24.3 Å². The van der Waals surface area contributed by atoms with Crippen molar-refractivity contribution in [3.8, 4) is 6.07 Å². The third-order valence-electron chi connectivity index (χ3n) is 1.69. The first-order chi connectivity index (χ1) is 7.26. The first-order valence-electron chi connectivity index (χ1n) is 4.37. The van der Waals surface area contributed by atoms with Crippen LogP contribution in [0.25, 0.3) is 6.08 Å². The van der Waals surface area contributed by atoms with E-state index in [4.69, 9.17) is 5.26 Å². The van der Waals surface area contributed by atoms with Gasteiger partial charge >= 0.3 is 5.97 Å². The number of nitriles is 1.